The van der Waals surface area contributed by atoms with Crippen LogP contribution in [-0.2, 0) is 6.42 Å². The number of aromatic nitrogens is 1. The summed E-state index contributed by atoms with van der Waals surface area (Å²) in [6, 6.07) is 5.89. The minimum absolute atomic E-state index is 0.0941. The van der Waals surface area contributed by atoms with Crippen molar-refractivity contribution in [2.24, 2.45) is 0 Å². The summed E-state index contributed by atoms with van der Waals surface area (Å²) in [5.74, 6) is 0. The summed E-state index contributed by atoms with van der Waals surface area (Å²) in [5, 5.41) is 0.921. The lowest BCUT2D eigenvalue weighted by molar-refractivity contribution is 0.923. The molecule has 0 aliphatic heterocycles. The first-order chi connectivity index (χ1) is 7.22. The Labute approximate surface area is 92.9 Å². The summed E-state index contributed by atoms with van der Waals surface area (Å²) >= 11 is 5.77. The molecule has 1 N–H and O–H groups in total. The molecular formula is C12H12ClNO. The Kier molecular flexibility index (Phi) is 2.78. The van der Waals surface area contributed by atoms with Crippen LogP contribution in [0.1, 0.15) is 18.9 Å². The number of pyridine rings is 1. The minimum atomic E-state index is -0.0941. The maximum absolute atomic E-state index is 11.7. The Morgan fingerprint density at radius 3 is 2.93 bits per heavy atom. The van der Waals surface area contributed by atoms with E-state index in [2.05, 4.69) is 11.9 Å². The molecule has 1 aromatic heterocycles. The zero-order valence-corrected chi connectivity index (χ0v) is 9.27. The van der Waals surface area contributed by atoms with Crippen LogP contribution < -0.4 is 5.43 Å². The molecule has 2 rings (SSSR count). The molecule has 0 radical (unpaired) electrons. The molecule has 78 valence electrons. The molecule has 0 bridgehead atoms. The number of benzene rings is 1. The highest BCUT2D eigenvalue weighted by Crippen LogP contribution is 2.14. The van der Waals surface area contributed by atoms with Crippen molar-refractivity contribution in [3.05, 3.63) is 45.2 Å². The van der Waals surface area contributed by atoms with Crippen molar-refractivity contribution in [1.82, 2.24) is 4.98 Å². The Bertz CT molecular complexity index is 545. The quantitative estimate of drug-likeness (QED) is 0.831. The Balaban J connectivity index is 2.68. The van der Waals surface area contributed by atoms with Gasteiger partial charge in [0.25, 0.3) is 0 Å². The van der Waals surface area contributed by atoms with Gasteiger partial charge in [0.1, 0.15) is 5.02 Å². The van der Waals surface area contributed by atoms with Crippen molar-refractivity contribution in [3.63, 3.8) is 0 Å². The molecule has 1 aromatic carbocycles. The van der Waals surface area contributed by atoms with E-state index in [4.69, 9.17) is 11.6 Å². The monoisotopic (exact) mass is 221 g/mol. The molecule has 0 spiro atoms. The summed E-state index contributed by atoms with van der Waals surface area (Å²) in [6.45, 7) is 2.12. The number of nitrogens with one attached hydrogen (secondary N) is 1. The van der Waals surface area contributed by atoms with E-state index in [1.54, 1.807) is 0 Å². The van der Waals surface area contributed by atoms with Gasteiger partial charge in [-0.05, 0) is 24.1 Å². The van der Waals surface area contributed by atoms with Crippen LogP contribution in [0.15, 0.2) is 29.2 Å². The van der Waals surface area contributed by atoms with Crippen LogP contribution in [-0.4, -0.2) is 4.98 Å². The molecule has 0 saturated carbocycles. The number of halogens is 1. The molecule has 0 aliphatic carbocycles. The van der Waals surface area contributed by atoms with E-state index in [0.717, 1.165) is 18.4 Å². The average Bonchev–Trinajstić information content (AvgIpc) is 2.25. The van der Waals surface area contributed by atoms with Crippen LogP contribution in [0.4, 0.5) is 0 Å². The van der Waals surface area contributed by atoms with Gasteiger partial charge in [-0.15, -0.1) is 0 Å². The number of H-pyrrole nitrogens is 1. The first-order valence-corrected chi connectivity index (χ1v) is 5.40. The zero-order chi connectivity index (χ0) is 10.8. The maximum atomic E-state index is 11.7. The van der Waals surface area contributed by atoms with Crippen molar-refractivity contribution in [3.8, 4) is 0 Å². The molecule has 0 saturated heterocycles. The molecule has 15 heavy (non-hydrogen) atoms. The third-order valence-corrected chi connectivity index (χ3v) is 2.72. The van der Waals surface area contributed by atoms with E-state index in [0.29, 0.717) is 5.39 Å². The van der Waals surface area contributed by atoms with E-state index in [9.17, 15) is 4.79 Å². The van der Waals surface area contributed by atoms with Crippen molar-refractivity contribution in [1.29, 1.82) is 0 Å². The third-order valence-electron chi connectivity index (χ3n) is 2.44. The largest absolute Gasteiger partial charge is 0.360 e. The Morgan fingerprint density at radius 2 is 2.20 bits per heavy atom. The van der Waals surface area contributed by atoms with Gasteiger partial charge in [-0.3, -0.25) is 4.79 Å². The van der Waals surface area contributed by atoms with Crippen LogP contribution in [0, 0.1) is 0 Å². The van der Waals surface area contributed by atoms with Crippen LogP contribution in [0.25, 0.3) is 10.9 Å². The van der Waals surface area contributed by atoms with Crippen LogP contribution in [0.2, 0.25) is 5.02 Å². The minimum Gasteiger partial charge on any atom is -0.360 e. The zero-order valence-electron chi connectivity index (χ0n) is 8.51. The number of fused-ring (bicyclic) bond motifs is 1. The van der Waals surface area contributed by atoms with E-state index in [1.165, 1.54) is 11.8 Å². The standard InChI is InChI=1S/C12H12ClNO/c1-2-3-8-4-5-11-9(6-8)12(15)10(13)7-14-11/h4-7H,2-3H2,1H3,(H,14,15). The van der Waals surface area contributed by atoms with Crippen LogP contribution in [0.5, 0.6) is 0 Å². The highest BCUT2D eigenvalue weighted by molar-refractivity contribution is 6.31. The van der Waals surface area contributed by atoms with Crippen molar-refractivity contribution in [2.75, 3.05) is 0 Å². The van der Waals surface area contributed by atoms with Gasteiger partial charge in [0.05, 0.1) is 0 Å². The van der Waals surface area contributed by atoms with Gasteiger partial charge in [0, 0.05) is 17.1 Å². The average molecular weight is 222 g/mol. The first kappa shape index (κ1) is 10.2. The van der Waals surface area contributed by atoms with Crippen molar-refractivity contribution < 1.29 is 0 Å². The van der Waals surface area contributed by atoms with Crippen molar-refractivity contribution in [2.45, 2.75) is 19.8 Å². The third kappa shape index (κ3) is 1.90. The predicted octanol–water partition coefficient (Wildman–Crippen LogP) is 3.13. The number of rotatable bonds is 2. The second-order valence-corrected chi connectivity index (χ2v) is 4.00. The predicted molar refractivity (Wildman–Crippen MR) is 63.6 cm³/mol. The normalized spacial score (nSPS) is 10.8. The summed E-state index contributed by atoms with van der Waals surface area (Å²) < 4.78 is 0. The molecule has 1 heterocycles. The fourth-order valence-corrected chi connectivity index (χ4v) is 1.84. The Morgan fingerprint density at radius 1 is 1.40 bits per heavy atom. The SMILES string of the molecule is CCCc1ccc2[nH]cc(Cl)c(=O)c2c1. The second kappa shape index (κ2) is 4.07. The van der Waals surface area contributed by atoms with E-state index >= 15 is 0 Å². The summed E-state index contributed by atoms with van der Waals surface area (Å²) in [5.41, 5.74) is 1.92. The molecule has 0 fully saturated rings. The smallest absolute Gasteiger partial charge is 0.207 e. The van der Waals surface area contributed by atoms with Crippen LogP contribution in [0.3, 0.4) is 0 Å². The summed E-state index contributed by atoms with van der Waals surface area (Å²) in [7, 11) is 0. The van der Waals surface area contributed by atoms with Crippen LogP contribution >= 0.6 is 11.6 Å². The van der Waals surface area contributed by atoms with Gasteiger partial charge < -0.3 is 4.98 Å². The molecule has 2 aromatic rings. The highest BCUT2D eigenvalue weighted by atomic mass is 35.5. The second-order valence-electron chi connectivity index (χ2n) is 3.60. The van der Waals surface area contributed by atoms with E-state index in [-0.39, 0.29) is 10.5 Å². The lowest BCUT2D eigenvalue weighted by Gasteiger charge is -2.02. The highest BCUT2D eigenvalue weighted by Gasteiger charge is 2.03. The summed E-state index contributed by atoms with van der Waals surface area (Å²) in [6.07, 6.45) is 3.59. The first-order valence-electron chi connectivity index (χ1n) is 5.02. The number of aryl methyl sites for hydroxylation is 1. The molecular weight excluding hydrogens is 210 g/mol. The van der Waals surface area contributed by atoms with Gasteiger partial charge in [-0.2, -0.15) is 0 Å². The number of hydrogen-bond donors (Lipinski definition) is 1. The van der Waals surface area contributed by atoms with E-state index in [1.807, 2.05) is 18.2 Å². The molecule has 0 atom stereocenters. The molecule has 2 nitrogen and oxygen atoms in total. The van der Waals surface area contributed by atoms with Crippen molar-refractivity contribution >= 4 is 22.5 Å². The fraction of sp³-hybridized carbons (Fsp3) is 0.250. The maximum Gasteiger partial charge on any atom is 0.207 e. The van der Waals surface area contributed by atoms with E-state index < -0.39 is 0 Å². The topological polar surface area (TPSA) is 32.9 Å². The molecule has 3 heteroatoms. The number of hydrogen-bond acceptors (Lipinski definition) is 1. The Hall–Kier alpha value is -1.28. The van der Waals surface area contributed by atoms with Gasteiger partial charge in [0.2, 0.25) is 5.43 Å². The summed E-state index contributed by atoms with van der Waals surface area (Å²) in [4.78, 5) is 14.7. The molecule has 0 unspecified atom stereocenters. The fourth-order valence-electron chi connectivity index (χ4n) is 1.68. The van der Waals surface area contributed by atoms with Gasteiger partial charge in [0.15, 0.2) is 0 Å². The van der Waals surface area contributed by atoms with Gasteiger partial charge in [-0.1, -0.05) is 31.0 Å². The molecule has 0 aliphatic rings. The van der Waals surface area contributed by atoms with Gasteiger partial charge >= 0.3 is 0 Å². The van der Waals surface area contributed by atoms with Gasteiger partial charge in [-0.25, -0.2) is 0 Å². The lowest BCUT2D eigenvalue weighted by atomic mass is 10.1. The number of aromatic amines is 1. The molecule has 0 amide bonds. The lowest BCUT2D eigenvalue weighted by Crippen LogP contribution is -2.03.